The van der Waals surface area contributed by atoms with E-state index in [2.05, 4.69) is 30.2 Å². The number of aromatic nitrogens is 2. The molecule has 0 saturated carbocycles. The molecule has 1 saturated heterocycles. The predicted octanol–water partition coefficient (Wildman–Crippen LogP) is -0.551. The summed E-state index contributed by atoms with van der Waals surface area (Å²) in [7, 11) is 1.49. The maximum Gasteiger partial charge on any atom is 0.143 e. The number of hydrogen-bond acceptors (Lipinski definition) is 7. The summed E-state index contributed by atoms with van der Waals surface area (Å²) in [6.45, 7) is 3.66. The van der Waals surface area contributed by atoms with Crippen LogP contribution in [-0.4, -0.2) is 49.5 Å². The minimum Gasteiger partial charge on any atom is -0.399 e. The van der Waals surface area contributed by atoms with Crippen molar-refractivity contribution in [1.29, 1.82) is 0 Å². The van der Waals surface area contributed by atoms with E-state index in [-0.39, 0.29) is 0 Å². The zero-order valence-corrected chi connectivity index (χ0v) is 9.76. The maximum absolute atomic E-state index is 5.83. The smallest absolute Gasteiger partial charge is 0.143 e. The second-order valence-corrected chi connectivity index (χ2v) is 3.65. The number of hydrogen-bond donors (Lipinski definition) is 2. The number of piperazine rings is 1. The molecule has 1 aromatic rings. The molecule has 3 N–H and O–H groups in total. The molecule has 0 atom stereocenters. The molecular weight excluding hydrogens is 220 g/mol. The molecule has 0 amide bonds. The Labute approximate surface area is 99.7 Å². The highest BCUT2D eigenvalue weighted by molar-refractivity contribution is 5.91. The van der Waals surface area contributed by atoms with E-state index in [4.69, 9.17) is 5.73 Å². The van der Waals surface area contributed by atoms with Crippen LogP contribution in [0.5, 0.6) is 0 Å². The standard InChI is InChI=1S/C10H16N6O/c1-17-15-6-8-9(11)13-7-14-10(8)16-4-2-12-3-5-16/h6-7,12H,2-5H2,1H3,(H2,11,13,14). The molecular formula is C10H16N6O. The Kier molecular flexibility index (Phi) is 3.71. The lowest BCUT2D eigenvalue weighted by Gasteiger charge is -2.29. The summed E-state index contributed by atoms with van der Waals surface area (Å²) in [5.41, 5.74) is 6.53. The van der Waals surface area contributed by atoms with Crippen LogP contribution >= 0.6 is 0 Å². The van der Waals surface area contributed by atoms with E-state index >= 15 is 0 Å². The molecule has 0 radical (unpaired) electrons. The van der Waals surface area contributed by atoms with Crippen LogP contribution < -0.4 is 16.0 Å². The summed E-state index contributed by atoms with van der Waals surface area (Å²) in [5.74, 6) is 1.22. The summed E-state index contributed by atoms with van der Waals surface area (Å²) < 4.78 is 0. The van der Waals surface area contributed by atoms with Crippen molar-refractivity contribution in [2.24, 2.45) is 5.16 Å². The molecule has 2 rings (SSSR count). The quantitative estimate of drug-likeness (QED) is 0.540. The highest BCUT2D eigenvalue weighted by Gasteiger charge is 2.16. The number of nitrogen functional groups attached to an aromatic ring is 1. The van der Waals surface area contributed by atoms with Gasteiger partial charge < -0.3 is 20.8 Å². The molecule has 2 heterocycles. The van der Waals surface area contributed by atoms with E-state index < -0.39 is 0 Å². The van der Waals surface area contributed by atoms with Crippen molar-refractivity contribution < 1.29 is 4.84 Å². The molecule has 7 heteroatoms. The third-order valence-electron chi connectivity index (χ3n) is 2.60. The predicted molar refractivity (Wildman–Crippen MR) is 66.1 cm³/mol. The minimum absolute atomic E-state index is 0.411. The molecule has 0 aromatic carbocycles. The fourth-order valence-electron chi connectivity index (χ4n) is 1.76. The van der Waals surface area contributed by atoms with Crippen LogP contribution in [0.25, 0.3) is 0 Å². The van der Waals surface area contributed by atoms with Gasteiger partial charge in [-0.15, -0.1) is 0 Å². The van der Waals surface area contributed by atoms with Gasteiger partial charge in [0, 0.05) is 26.2 Å². The Bertz CT molecular complexity index is 402. The van der Waals surface area contributed by atoms with Crippen LogP contribution in [0.1, 0.15) is 5.56 Å². The summed E-state index contributed by atoms with van der Waals surface area (Å²) in [5, 5.41) is 7.02. The molecule has 0 spiro atoms. The molecule has 1 aliphatic heterocycles. The molecule has 0 unspecified atom stereocenters. The van der Waals surface area contributed by atoms with Gasteiger partial charge in [0.1, 0.15) is 25.1 Å². The number of nitrogens with one attached hydrogen (secondary N) is 1. The SMILES string of the molecule is CON=Cc1c(N)ncnc1N1CCNCC1. The van der Waals surface area contributed by atoms with E-state index in [1.807, 2.05) is 0 Å². The van der Waals surface area contributed by atoms with Gasteiger partial charge in [-0.2, -0.15) is 0 Å². The van der Waals surface area contributed by atoms with Gasteiger partial charge in [0.15, 0.2) is 0 Å². The van der Waals surface area contributed by atoms with E-state index in [9.17, 15) is 0 Å². The van der Waals surface area contributed by atoms with Gasteiger partial charge in [-0.25, -0.2) is 9.97 Å². The van der Waals surface area contributed by atoms with Gasteiger partial charge in [0.25, 0.3) is 0 Å². The van der Waals surface area contributed by atoms with E-state index in [1.165, 1.54) is 13.4 Å². The lowest BCUT2D eigenvalue weighted by Crippen LogP contribution is -2.44. The molecule has 1 aromatic heterocycles. The average molecular weight is 236 g/mol. The molecule has 1 fully saturated rings. The summed E-state index contributed by atoms with van der Waals surface area (Å²) in [6, 6.07) is 0. The topological polar surface area (TPSA) is 88.7 Å². The Morgan fingerprint density at radius 3 is 2.94 bits per heavy atom. The Morgan fingerprint density at radius 1 is 1.47 bits per heavy atom. The Balaban J connectivity index is 2.31. The Morgan fingerprint density at radius 2 is 2.24 bits per heavy atom. The molecule has 17 heavy (non-hydrogen) atoms. The minimum atomic E-state index is 0.411. The van der Waals surface area contributed by atoms with E-state index in [0.717, 1.165) is 32.0 Å². The zero-order valence-electron chi connectivity index (χ0n) is 9.76. The fourth-order valence-corrected chi connectivity index (χ4v) is 1.76. The number of nitrogens with zero attached hydrogens (tertiary/aromatic N) is 4. The van der Waals surface area contributed by atoms with Gasteiger partial charge in [-0.05, 0) is 0 Å². The van der Waals surface area contributed by atoms with Gasteiger partial charge in [0.2, 0.25) is 0 Å². The second-order valence-electron chi connectivity index (χ2n) is 3.65. The Hall–Kier alpha value is -1.89. The zero-order chi connectivity index (χ0) is 12.1. The highest BCUT2D eigenvalue weighted by atomic mass is 16.6. The van der Waals surface area contributed by atoms with Crippen LogP contribution in [0.4, 0.5) is 11.6 Å². The third kappa shape index (κ3) is 2.62. The maximum atomic E-state index is 5.83. The van der Waals surface area contributed by atoms with Crippen LogP contribution in [-0.2, 0) is 4.84 Å². The van der Waals surface area contributed by atoms with Crippen molar-refractivity contribution in [3.8, 4) is 0 Å². The van der Waals surface area contributed by atoms with Gasteiger partial charge in [-0.3, -0.25) is 0 Å². The van der Waals surface area contributed by atoms with Crippen molar-refractivity contribution in [2.45, 2.75) is 0 Å². The lowest BCUT2D eigenvalue weighted by molar-refractivity contribution is 0.215. The molecule has 7 nitrogen and oxygen atoms in total. The number of anilines is 2. The average Bonchev–Trinajstić information content (AvgIpc) is 2.38. The lowest BCUT2D eigenvalue weighted by atomic mass is 10.2. The molecule has 92 valence electrons. The summed E-state index contributed by atoms with van der Waals surface area (Å²) >= 11 is 0. The monoisotopic (exact) mass is 236 g/mol. The van der Waals surface area contributed by atoms with Gasteiger partial charge in [-0.1, -0.05) is 5.16 Å². The van der Waals surface area contributed by atoms with E-state index in [1.54, 1.807) is 6.21 Å². The van der Waals surface area contributed by atoms with E-state index in [0.29, 0.717) is 11.4 Å². The van der Waals surface area contributed by atoms with Crippen LogP contribution in [0.15, 0.2) is 11.5 Å². The van der Waals surface area contributed by atoms with Crippen molar-refractivity contribution in [1.82, 2.24) is 15.3 Å². The number of rotatable bonds is 3. The molecule has 1 aliphatic rings. The third-order valence-corrected chi connectivity index (χ3v) is 2.60. The normalized spacial score (nSPS) is 16.4. The fraction of sp³-hybridized carbons (Fsp3) is 0.500. The largest absolute Gasteiger partial charge is 0.399 e. The first-order valence-corrected chi connectivity index (χ1v) is 5.45. The van der Waals surface area contributed by atoms with Crippen LogP contribution in [0, 0.1) is 0 Å². The van der Waals surface area contributed by atoms with Gasteiger partial charge >= 0.3 is 0 Å². The highest BCUT2D eigenvalue weighted by Crippen LogP contribution is 2.19. The molecule has 0 bridgehead atoms. The first kappa shape index (κ1) is 11.6. The second kappa shape index (κ2) is 5.44. The van der Waals surface area contributed by atoms with Crippen molar-refractivity contribution in [2.75, 3.05) is 43.9 Å². The number of oxime groups is 1. The molecule has 0 aliphatic carbocycles. The summed E-state index contributed by atoms with van der Waals surface area (Å²) in [6.07, 6.45) is 3.02. The number of nitrogens with two attached hydrogens (primary N) is 1. The van der Waals surface area contributed by atoms with Gasteiger partial charge in [0.05, 0.1) is 11.8 Å². The van der Waals surface area contributed by atoms with Crippen LogP contribution in [0.3, 0.4) is 0 Å². The van der Waals surface area contributed by atoms with Crippen molar-refractivity contribution >= 4 is 17.9 Å². The van der Waals surface area contributed by atoms with Crippen molar-refractivity contribution in [3.05, 3.63) is 11.9 Å². The van der Waals surface area contributed by atoms with Crippen molar-refractivity contribution in [3.63, 3.8) is 0 Å². The first-order chi connectivity index (χ1) is 8.33. The first-order valence-electron chi connectivity index (χ1n) is 5.45. The summed E-state index contributed by atoms with van der Waals surface area (Å²) in [4.78, 5) is 15.1. The van der Waals surface area contributed by atoms with Crippen LogP contribution in [0.2, 0.25) is 0 Å².